The number of fused-ring (bicyclic) bond motifs is 1. The number of rotatable bonds is 7. The number of carbonyl (C=O) groups excluding carboxylic acids is 2. The molecule has 2 N–H and O–H groups in total. The zero-order chi connectivity index (χ0) is 30.8. The molecule has 4 aromatic carbocycles. The Bertz CT molecular complexity index is 1950. The molecule has 1 unspecified atom stereocenters. The van der Waals surface area contributed by atoms with Crippen LogP contribution in [0.1, 0.15) is 47.6 Å². The molecule has 2 amide bonds. The number of anilines is 1. The lowest BCUT2D eigenvalue weighted by molar-refractivity contribution is -0.134. The van der Waals surface area contributed by atoms with Crippen LogP contribution in [0, 0.1) is 13.8 Å². The number of halogens is 1. The van der Waals surface area contributed by atoms with Crippen LogP contribution in [0.5, 0.6) is 0 Å². The van der Waals surface area contributed by atoms with Gasteiger partial charge in [0.25, 0.3) is 5.56 Å². The highest BCUT2D eigenvalue weighted by molar-refractivity contribution is 6.31. The van der Waals surface area contributed by atoms with Gasteiger partial charge in [0.05, 0.1) is 17.3 Å². The van der Waals surface area contributed by atoms with Crippen molar-refractivity contribution in [2.45, 2.75) is 39.2 Å². The summed E-state index contributed by atoms with van der Waals surface area (Å²) in [6, 6.07) is 30.0. The summed E-state index contributed by atoms with van der Waals surface area (Å²) in [4.78, 5) is 43.4. The van der Waals surface area contributed by atoms with Crippen molar-refractivity contribution >= 4 is 45.7 Å². The summed E-state index contributed by atoms with van der Waals surface area (Å²) in [6.07, 6.45) is 0.297. The van der Waals surface area contributed by atoms with Crippen LogP contribution in [0.2, 0.25) is 5.02 Å². The molecule has 1 atom stereocenters. The second kappa shape index (κ2) is 12.3. The van der Waals surface area contributed by atoms with Gasteiger partial charge in [-0.25, -0.2) is 5.01 Å². The van der Waals surface area contributed by atoms with Gasteiger partial charge in [0, 0.05) is 46.4 Å². The minimum atomic E-state index is -0.432. The van der Waals surface area contributed by atoms with Crippen molar-refractivity contribution in [2.24, 2.45) is 5.10 Å². The van der Waals surface area contributed by atoms with E-state index in [-0.39, 0.29) is 30.2 Å². The number of hydrogen-bond acceptors (Lipinski definition) is 4. The molecule has 1 aromatic heterocycles. The molecule has 44 heavy (non-hydrogen) atoms. The fourth-order valence-corrected chi connectivity index (χ4v) is 5.99. The van der Waals surface area contributed by atoms with E-state index in [1.165, 1.54) is 5.01 Å². The number of benzene rings is 4. The van der Waals surface area contributed by atoms with Crippen molar-refractivity contribution in [1.29, 1.82) is 0 Å². The standard InChI is InChI=1S/C36H31ClN4O3/c1-22-10-9-11-23(2)35(22)39-31(42)18-19-32(43)41-30(24-12-5-3-6-13-24)21-29(40-41)34-33(25-14-7-4-8-15-25)27-20-26(37)16-17-28(27)38-36(34)44/h3-17,20,30H,18-19,21H2,1-2H3,(H,38,44)(H,39,42). The molecule has 0 saturated carbocycles. The molecule has 0 saturated heterocycles. The summed E-state index contributed by atoms with van der Waals surface area (Å²) in [6.45, 7) is 3.87. The molecule has 220 valence electrons. The Hall–Kier alpha value is -5.01. The number of nitrogens with zero attached hydrogens (tertiary/aromatic N) is 2. The summed E-state index contributed by atoms with van der Waals surface area (Å²) >= 11 is 6.42. The molecule has 6 rings (SSSR count). The maximum Gasteiger partial charge on any atom is 0.258 e. The smallest absolute Gasteiger partial charge is 0.258 e. The zero-order valence-corrected chi connectivity index (χ0v) is 25.2. The summed E-state index contributed by atoms with van der Waals surface area (Å²) in [5, 5.41) is 10.5. The highest BCUT2D eigenvalue weighted by atomic mass is 35.5. The highest BCUT2D eigenvalue weighted by Crippen LogP contribution is 2.37. The van der Waals surface area contributed by atoms with Gasteiger partial charge < -0.3 is 10.3 Å². The van der Waals surface area contributed by atoms with Crippen molar-refractivity contribution in [1.82, 2.24) is 9.99 Å². The minimum absolute atomic E-state index is 0.000205. The first kappa shape index (κ1) is 29.1. The Balaban J connectivity index is 1.37. The van der Waals surface area contributed by atoms with Gasteiger partial charge in [-0.15, -0.1) is 0 Å². The molecule has 0 radical (unpaired) electrons. The van der Waals surface area contributed by atoms with Crippen molar-refractivity contribution < 1.29 is 9.59 Å². The number of amides is 2. The van der Waals surface area contributed by atoms with E-state index in [2.05, 4.69) is 10.3 Å². The second-order valence-electron chi connectivity index (χ2n) is 11.0. The van der Waals surface area contributed by atoms with E-state index in [4.69, 9.17) is 16.7 Å². The van der Waals surface area contributed by atoms with Gasteiger partial charge in [-0.3, -0.25) is 14.4 Å². The lowest BCUT2D eigenvalue weighted by atomic mass is 9.91. The molecule has 0 aliphatic carbocycles. The molecule has 0 bridgehead atoms. The van der Waals surface area contributed by atoms with E-state index in [1.807, 2.05) is 98.8 Å². The first-order chi connectivity index (χ1) is 21.3. The van der Waals surface area contributed by atoms with Gasteiger partial charge in [0.1, 0.15) is 0 Å². The summed E-state index contributed by atoms with van der Waals surface area (Å²) in [5.74, 6) is -0.545. The van der Waals surface area contributed by atoms with Crippen LogP contribution in [-0.4, -0.2) is 27.5 Å². The largest absolute Gasteiger partial charge is 0.326 e. The average molecular weight is 603 g/mol. The second-order valence-corrected chi connectivity index (χ2v) is 11.4. The van der Waals surface area contributed by atoms with Crippen LogP contribution in [0.3, 0.4) is 0 Å². The van der Waals surface area contributed by atoms with E-state index >= 15 is 0 Å². The number of hydrazone groups is 1. The summed E-state index contributed by atoms with van der Waals surface area (Å²) in [7, 11) is 0. The Labute approximate surface area is 260 Å². The first-order valence-corrected chi connectivity index (χ1v) is 14.9. The van der Waals surface area contributed by atoms with Gasteiger partial charge in [-0.2, -0.15) is 5.10 Å². The zero-order valence-electron chi connectivity index (χ0n) is 24.4. The average Bonchev–Trinajstić information content (AvgIpc) is 3.47. The molecule has 2 heterocycles. The number of aryl methyl sites for hydroxylation is 2. The Morgan fingerprint density at radius 1 is 0.886 bits per heavy atom. The number of nitrogens with one attached hydrogen (secondary N) is 2. The quantitative estimate of drug-likeness (QED) is 0.201. The Morgan fingerprint density at radius 3 is 2.27 bits per heavy atom. The molecular weight excluding hydrogens is 572 g/mol. The molecule has 0 spiro atoms. The minimum Gasteiger partial charge on any atom is -0.326 e. The number of para-hydroxylation sites is 1. The van der Waals surface area contributed by atoms with Crippen molar-refractivity contribution in [3.63, 3.8) is 0 Å². The summed E-state index contributed by atoms with van der Waals surface area (Å²) < 4.78 is 0. The van der Waals surface area contributed by atoms with E-state index in [9.17, 15) is 14.4 Å². The monoisotopic (exact) mass is 602 g/mol. The van der Waals surface area contributed by atoms with Crippen molar-refractivity contribution in [3.8, 4) is 11.1 Å². The number of hydrogen-bond donors (Lipinski definition) is 2. The maximum atomic E-state index is 13.7. The van der Waals surface area contributed by atoms with Gasteiger partial charge in [-0.05, 0) is 54.3 Å². The third kappa shape index (κ3) is 5.79. The molecule has 5 aromatic rings. The normalized spacial score (nSPS) is 14.5. The molecule has 1 aliphatic rings. The first-order valence-electron chi connectivity index (χ1n) is 14.5. The lowest BCUT2D eigenvalue weighted by Gasteiger charge is -2.22. The Morgan fingerprint density at radius 2 is 1.57 bits per heavy atom. The molecule has 8 heteroatoms. The van der Waals surface area contributed by atoms with E-state index in [0.29, 0.717) is 33.8 Å². The van der Waals surface area contributed by atoms with Crippen LogP contribution >= 0.6 is 11.6 Å². The Kier molecular flexibility index (Phi) is 8.13. The predicted molar refractivity (Wildman–Crippen MR) is 176 cm³/mol. The van der Waals surface area contributed by atoms with Crippen LogP contribution in [-0.2, 0) is 9.59 Å². The highest BCUT2D eigenvalue weighted by Gasteiger charge is 2.35. The fraction of sp³-hybridized carbons (Fsp3) is 0.167. The topological polar surface area (TPSA) is 94.6 Å². The van der Waals surface area contributed by atoms with Gasteiger partial charge >= 0.3 is 0 Å². The third-order valence-electron chi connectivity index (χ3n) is 7.99. The number of aromatic nitrogens is 1. The SMILES string of the molecule is Cc1cccc(C)c1NC(=O)CCC(=O)N1N=C(c2c(-c3ccccc3)c3cc(Cl)ccc3[nH]c2=O)CC1c1ccccc1. The summed E-state index contributed by atoms with van der Waals surface area (Å²) in [5.41, 5.74) is 6.36. The molecule has 1 aliphatic heterocycles. The number of aromatic amines is 1. The lowest BCUT2D eigenvalue weighted by Crippen LogP contribution is -2.28. The number of H-pyrrole nitrogens is 1. The van der Waals surface area contributed by atoms with E-state index < -0.39 is 6.04 Å². The number of pyridine rings is 1. The van der Waals surface area contributed by atoms with Crippen LogP contribution in [0.15, 0.2) is 107 Å². The van der Waals surface area contributed by atoms with Gasteiger partial charge in [0.15, 0.2) is 0 Å². The van der Waals surface area contributed by atoms with Crippen LogP contribution in [0.4, 0.5) is 5.69 Å². The van der Waals surface area contributed by atoms with Gasteiger partial charge in [0.2, 0.25) is 11.8 Å². The third-order valence-corrected chi connectivity index (χ3v) is 8.22. The predicted octanol–water partition coefficient (Wildman–Crippen LogP) is 7.56. The van der Waals surface area contributed by atoms with Crippen molar-refractivity contribution in [3.05, 3.63) is 135 Å². The molecule has 7 nitrogen and oxygen atoms in total. The number of carbonyl (C=O) groups is 2. The fourth-order valence-electron chi connectivity index (χ4n) is 5.82. The molecular formula is C36H31ClN4O3. The van der Waals surface area contributed by atoms with E-state index in [1.54, 1.807) is 12.1 Å². The van der Waals surface area contributed by atoms with Crippen molar-refractivity contribution in [2.75, 3.05) is 5.32 Å². The van der Waals surface area contributed by atoms with Crippen LogP contribution in [0.25, 0.3) is 22.0 Å². The van der Waals surface area contributed by atoms with Gasteiger partial charge in [-0.1, -0.05) is 90.5 Å². The van der Waals surface area contributed by atoms with E-state index in [0.717, 1.165) is 33.3 Å². The van der Waals surface area contributed by atoms with Crippen LogP contribution < -0.4 is 10.9 Å². The molecule has 0 fully saturated rings. The maximum absolute atomic E-state index is 13.7.